The predicted molar refractivity (Wildman–Crippen MR) is 143 cm³/mol. The van der Waals surface area contributed by atoms with E-state index in [2.05, 4.69) is 52.5 Å². The van der Waals surface area contributed by atoms with Crippen LogP contribution in [0.2, 0.25) is 0 Å². The van der Waals surface area contributed by atoms with Crippen molar-refractivity contribution in [2.75, 3.05) is 6.61 Å². The number of hydrogen-bond acceptors (Lipinski definition) is 3. The molecule has 1 aliphatic carbocycles. The molecular weight excluding hydrogens is 462 g/mol. The van der Waals surface area contributed by atoms with Gasteiger partial charge in [-0.1, -0.05) is 43.2 Å². The Morgan fingerprint density at radius 1 is 1.05 bits per heavy atom. The molecule has 1 aliphatic heterocycles. The molecule has 7 heteroatoms. The van der Waals surface area contributed by atoms with Crippen LogP contribution in [0.1, 0.15) is 61.2 Å². The number of carbonyl (C=O) groups excluding carboxylic acids is 1. The lowest BCUT2D eigenvalue weighted by Gasteiger charge is -2.32. The quantitative estimate of drug-likeness (QED) is 0.373. The van der Waals surface area contributed by atoms with E-state index in [9.17, 15) is 4.79 Å². The molecule has 2 aromatic carbocycles. The van der Waals surface area contributed by atoms with Gasteiger partial charge in [-0.15, -0.1) is 0 Å². The standard InChI is InChI=1S/C30H33N5O2/c1-3-37-25-16-9-11-22(19-25)28-27-17-10-18-33(27)29-26(20-34(28)30(36)31-23-12-7-8-13-23)21(2)32-35(29)24-14-5-4-6-15-24/h4-6,9-11,14-19,23,28H,3,7-8,12-13,20H2,1-2H3,(H,31,36). The smallest absolute Gasteiger partial charge is 0.318 e. The molecule has 0 saturated heterocycles. The summed E-state index contributed by atoms with van der Waals surface area (Å²) in [5, 5.41) is 8.28. The van der Waals surface area contributed by atoms with E-state index in [0.717, 1.165) is 52.6 Å². The van der Waals surface area contributed by atoms with Crippen molar-refractivity contribution in [2.45, 2.75) is 58.2 Å². The fourth-order valence-electron chi connectivity index (χ4n) is 5.77. The Bertz CT molecular complexity index is 1400. The minimum Gasteiger partial charge on any atom is -0.494 e. The molecule has 6 rings (SSSR count). The highest BCUT2D eigenvalue weighted by molar-refractivity contribution is 5.76. The van der Waals surface area contributed by atoms with Crippen LogP contribution in [0.5, 0.6) is 5.75 Å². The predicted octanol–water partition coefficient (Wildman–Crippen LogP) is 5.93. The maximum absolute atomic E-state index is 14.0. The normalized spacial score (nSPS) is 17.2. The van der Waals surface area contributed by atoms with Crippen LogP contribution < -0.4 is 10.1 Å². The number of urea groups is 1. The Morgan fingerprint density at radius 3 is 2.65 bits per heavy atom. The number of nitrogens with one attached hydrogen (secondary N) is 1. The van der Waals surface area contributed by atoms with Crippen LogP contribution >= 0.6 is 0 Å². The third-order valence-electron chi connectivity index (χ3n) is 7.52. The highest BCUT2D eigenvalue weighted by atomic mass is 16.5. The van der Waals surface area contributed by atoms with Crippen molar-refractivity contribution >= 4 is 6.03 Å². The van der Waals surface area contributed by atoms with E-state index in [4.69, 9.17) is 9.84 Å². The van der Waals surface area contributed by atoms with Gasteiger partial charge in [0.15, 0.2) is 0 Å². The number of carbonyl (C=O) groups is 1. The molecule has 1 N–H and O–H groups in total. The summed E-state index contributed by atoms with van der Waals surface area (Å²) < 4.78 is 10.0. The number of hydrogen-bond donors (Lipinski definition) is 1. The van der Waals surface area contributed by atoms with Gasteiger partial charge in [0.2, 0.25) is 0 Å². The van der Waals surface area contributed by atoms with Crippen LogP contribution in [0.3, 0.4) is 0 Å². The SMILES string of the molecule is CCOc1cccc(C2c3cccn3-c3c(c(C)nn3-c3ccccc3)CN2C(=O)NC2CCCC2)c1. The van der Waals surface area contributed by atoms with Crippen molar-refractivity contribution < 1.29 is 9.53 Å². The van der Waals surface area contributed by atoms with Gasteiger partial charge in [0.1, 0.15) is 11.6 Å². The molecule has 0 bridgehead atoms. The van der Waals surface area contributed by atoms with E-state index in [1.54, 1.807) is 0 Å². The zero-order chi connectivity index (χ0) is 25.4. The number of amides is 2. The van der Waals surface area contributed by atoms with Crippen molar-refractivity contribution in [1.82, 2.24) is 24.6 Å². The molecule has 3 heterocycles. The molecule has 2 aromatic heterocycles. The first-order valence-corrected chi connectivity index (χ1v) is 13.3. The van der Waals surface area contributed by atoms with Crippen molar-refractivity contribution in [3.05, 3.63) is 95.4 Å². The van der Waals surface area contributed by atoms with Crippen molar-refractivity contribution in [3.8, 4) is 17.3 Å². The van der Waals surface area contributed by atoms with Crippen molar-refractivity contribution in [3.63, 3.8) is 0 Å². The molecule has 190 valence electrons. The van der Waals surface area contributed by atoms with Gasteiger partial charge in [-0.05, 0) is 68.7 Å². The van der Waals surface area contributed by atoms with E-state index in [1.165, 1.54) is 12.8 Å². The Labute approximate surface area is 217 Å². The summed E-state index contributed by atoms with van der Waals surface area (Å²) >= 11 is 0. The zero-order valence-corrected chi connectivity index (χ0v) is 21.4. The lowest BCUT2D eigenvalue weighted by molar-refractivity contribution is 0.176. The summed E-state index contributed by atoms with van der Waals surface area (Å²) in [5.41, 5.74) is 5.00. The van der Waals surface area contributed by atoms with E-state index < -0.39 is 0 Å². The molecule has 1 unspecified atom stereocenters. The number of aromatic nitrogens is 3. The minimum absolute atomic E-state index is 0.0359. The Hall–Kier alpha value is -4.00. The first-order valence-electron chi connectivity index (χ1n) is 13.3. The van der Waals surface area contributed by atoms with Crippen molar-refractivity contribution in [2.24, 2.45) is 0 Å². The van der Waals surface area contributed by atoms with Crippen LogP contribution in [-0.4, -0.2) is 37.9 Å². The fraction of sp³-hybridized carbons (Fsp3) is 0.333. The van der Waals surface area contributed by atoms with E-state index in [0.29, 0.717) is 13.2 Å². The summed E-state index contributed by atoms with van der Waals surface area (Å²) in [6.45, 7) is 5.07. The molecule has 2 amide bonds. The molecule has 4 aromatic rings. The van der Waals surface area contributed by atoms with Crippen LogP contribution in [0.25, 0.3) is 11.5 Å². The summed E-state index contributed by atoms with van der Waals surface area (Å²) in [6.07, 6.45) is 6.49. The number of fused-ring (bicyclic) bond motifs is 3. The molecule has 37 heavy (non-hydrogen) atoms. The number of benzene rings is 2. The van der Waals surface area contributed by atoms with E-state index >= 15 is 0 Å². The average molecular weight is 496 g/mol. The van der Waals surface area contributed by atoms with Crippen molar-refractivity contribution in [1.29, 1.82) is 0 Å². The third kappa shape index (κ3) is 4.28. The Morgan fingerprint density at radius 2 is 1.86 bits per heavy atom. The van der Waals surface area contributed by atoms with E-state index in [-0.39, 0.29) is 18.1 Å². The summed E-state index contributed by atoms with van der Waals surface area (Å²) in [4.78, 5) is 16.0. The van der Waals surface area contributed by atoms with E-state index in [1.807, 2.05) is 53.8 Å². The number of para-hydroxylation sites is 1. The molecule has 1 atom stereocenters. The monoisotopic (exact) mass is 495 g/mol. The maximum Gasteiger partial charge on any atom is 0.318 e. The fourth-order valence-corrected chi connectivity index (χ4v) is 5.77. The topological polar surface area (TPSA) is 64.3 Å². The Balaban J connectivity index is 1.52. The molecule has 2 aliphatic rings. The molecule has 1 fully saturated rings. The second kappa shape index (κ2) is 9.81. The van der Waals surface area contributed by atoms with Gasteiger partial charge in [-0.3, -0.25) is 0 Å². The number of nitrogens with zero attached hydrogens (tertiary/aromatic N) is 4. The van der Waals surface area contributed by atoms with Gasteiger partial charge in [0.25, 0.3) is 0 Å². The minimum atomic E-state index is -0.284. The molecule has 0 spiro atoms. The van der Waals surface area contributed by atoms with Gasteiger partial charge < -0.3 is 19.5 Å². The zero-order valence-electron chi connectivity index (χ0n) is 21.4. The van der Waals surface area contributed by atoms with Crippen LogP contribution in [-0.2, 0) is 6.54 Å². The Kier molecular flexibility index (Phi) is 6.20. The number of rotatable bonds is 5. The molecular formula is C30H33N5O2. The third-order valence-corrected chi connectivity index (χ3v) is 7.52. The lowest BCUT2D eigenvalue weighted by atomic mass is 10.0. The lowest BCUT2D eigenvalue weighted by Crippen LogP contribution is -2.45. The summed E-state index contributed by atoms with van der Waals surface area (Å²) in [5.74, 6) is 1.79. The molecule has 1 saturated carbocycles. The van der Waals surface area contributed by atoms with Gasteiger partial charge in [0, 0.05) is 17.8 Å². The highest BCUT2D eigenvalue weighted by Gasteiger charge is 2.36. The number of aryl methyl sites for hydroxylation is 1. The summed E-state index contributed by atoms with van der Waals surface area (Å²) in [6, 6.07) is 22.4. The second-order valence-corrected chi connectivity index (χ2v) is 9.90. The maximum atomic E-state index is 14.0. The first-order chi connectivity index (χ1) is 18.1. The van der Waals surface area contributed by atoms with Crippen LogP contribution in [0, 0.1) is 6.92 Å². The molecule has 7 nitrogen and oxygen atoms in total. The van der Waals surface area contributed by atoms with Crippen LogP contribution in [0.4, 0.5) is 4.79 Å². The van der Waals surface area contributed by atoms with Gasteiger partial charge in [0.05, 0.1) is 36.3 Å². The summed E-state index contributed by atoms with van der Waals surface area (Å²) in [7, 11) is 0. The largest absolute Gasteiger partial charge is 0.494 e. The van der Waals surface area contributed by atoms with Crippen LogP contribution in [0.15, 0.2) is 72.9 Å². The average Bonchev–Trinajstić information content (AvgIpc) is 3.64. The molecule has 0 radical (unpaired) electrons. The first kappa shape index (κ1) is 23.4. The highest BCUT2D eigenvalue weighted by Crippen LogP contribution is 2.39. The second-order valence-electron chi connectivity index (χ2n) is 9.90. The van der Waals surface area contributed by atoms with Gasteiger partial charge in [-0.2, -0.15) is 5.10 Å². The van der Waals surface area contributed by atoms with Gasteiger partial charge >= 0.3 is 6.03 Å². The van der Waals surface area contributed by atoms with Gasteiger partial charge in [-0.25, -0.2) is 9.48 Å². The number of ether oxygens (including phenoxy) is 1.